The Morgan fingerprint density at radius 2 is 1.84 bits per heavy atom. The minimum atomic E-state index is -1.13. The molecule has 1 rings (SSSR count). The number of benzene rings is 1. The van der Waals surface area contributed by atoms with E-state index in [0.29, 0.717) is 18.6 Å². The van der Waals surface area contributed by atoms with E-state index in [0.717, 1.165) is 5.56 Å². The van der Waals surface area contributed by atoms with Crippen molar-refractivity contribution in [1.29, 1.82) is 0 Å². The molecule has 3 N–H and O–H groups in total. The normalized spacial score (nSPS) is 12.7. The van der Waals surface area contributed by atoms with Crippen molar-refractivity contribution in [2.45, 2.75) is 37.8 Å². The van der Waals surface area contributed by atoms with Gasteiger partial charge < -0.3 is 15.7 Å². The second kappa shape index (κ2) is 11.3. The lowest BCUT2D eigenvalue weighted by Gasteiger charge is -2.21. The molecule has 1 aromatic carbocycles. The highest BCUT2D eigenvalue weighted by molar-refractivity contribution is 7.80. The van der Waals surface area contributed by atoms with Crippen LogP contribution in [0.3, 0.4) is 0 Å². The number of carboxylic acid groups (broad SMARTS) is 1. The predicted octanol–water partition coefficient (Wildman–Crippen LogP) is 1.57. The molecule has 0 aliphatic carbocycles. The van der Waals surface area contributed by atoms with E-state index < -0.39 is 24.0 Å². The average molecular weight is 364 g/mol. The Labute approximate surface area is 153 Å². The van der Waals surface area contributed by atoms with Crippen LogP contribution >= 0.6 is 12.6 Å². The van der Waals surface area contributed by atoms with Gasteiger partial charge in [-0.3, -0.25) is 9.59 Å². The van der Waals surface area contributed by atoms with Crippen molar-refractivity contribution < 1.29 is 19.5 Å². The van der Waals surface area contributed by atoms with Gasteiger partial charge in [0.2, 0.25) is 11.8 Å². The van der Waals surface area contributed by atoms with Crippen molar-refractivity contribution in [1.82, 2.24) is 10.6 Å². The van der Waals surface area contributed by atoms with Gasteiger partial charge in [-0.1, -0.05) is 36.4 Å². The largest absolute Gasteiger partial charge is 0.480 e. The van der Waals surface area contributed by atoms with Gasteiger partial charge in [0.1, 0.15) is 12.1 Å². The Bertz CT molecular complexity index is 592. The second-order valence-electron chi connectivity index (χ2n) is 5.55. The Morgan fingerprint density at radius 1 is 1.16 bits per heavy atom. The van der Waals surface area contributed by atoms with Gasteiger partial charge in [-0.2, -0.15) is 12.6 Å². The fourth-order valence-electron chi connectivity index (χ4n) is 2.22. The molecule has 1 aromatic rings. The molecule has 0 aliphatic heterocycles. The van der Waals surface area contributed by atoms with E-state index in [9.17, 15) is 19.5 Å². The van der Waals surface area contributed by atoms with Crippen molar-refractivity contribution in [3.63, 3.8) is 0 Å². The molecule has 0 aliphatic rings. The first-order valence-corrected chi connectivity index (χ1v) is 8.69. The quantitative estimate of drug-likeness (QED) is 0.354. The van der Waals surface area contributed by atoms with Gasteiger partial charge in [-0.15, -0.1) is 6.58 Å². The smallest absolute Gasteiger partial charge is 0.326 e. The lowest BCUT2D eigenvalue weighted by molar-refractivity contribution is -0.142. The van der Waals surface area contributed by atoms with Crippen LogP contribution in [0.4, 0.5) is 0 Å². The van der Waals surface area contributed by atoms with Crippen LogP contribution in [0.15, 0.2) is 43.0 Å². The molecule has 0 saturated heterocycles. The fraction of sp³-hybridized carbons (Fsp3) is 0.389. The highest BCUT2D eigenvalue weighted by atomic mass is 32.1. The number of hydrogen-bond acceptors (Lipinski definition) is 4. The zero-order chi connectivity index (χ0) is 18.7. The third kappa shape index (κ3) is 7.89. The number of carbonyl (C=O) groups excluding carboxylic acids is 2. The van der Waals surface area contributed by atoms with Gasteiger partial charge in [0, 0.05) is 12.8 Å². The maximum absolute atomic E-state index is 12.4. The molecule has 2 atom stereocenters. The lowest BCUT2D eigenvalue weighted by Crippen LogP contribution is -2.52. The fourth-order valence-corrected chi connectivity index (χ4v) is 2.48. The molecule has 0 heterocycles. The second-order valence-corrected chi connectivity index (χ2v) is 6.00. The van der Waals surface area contributed by atoms with E-state index in [4.69, 9.17) is 0 Å². The SMILES string of the molecule is C=CCCC(=O)NC(CCS)C(=O)N[C@H](Cc1ccccc1)C(=O)O. The number of allylic oxidation sites excluding steroid dienone is 1. The van der Waals surface area contributed by atoms with Crippen LogP contribution in [-0.2, 0) is 20.8 Å². The van der Waals surface area contributed by atoms with Crippen LogP contribution < -0.4 is 10.6 Å². The number of nitrogens with one attached hydrogen (secondary N) is 2. The monoisotopic (exact) mass is 364 g/mol. The third-order valence-corrected chi connectivity index (χ3v) is 3.80. The summed E-state index contributed by atoms with van der Waals surface area (Å²) in [6.07, 6.45) is 2.83. The highest BCUT2D eigenvalue weighted by Crippen LogP contribution is 2.05. The molecule has 0 saturated carbocycles. The summed E-state index contributed by atoms with van der Waals surface area (Å²) in [5, 5.41) is 14.5. The molecule has 0 radical (unpaired) electrons. The number of hydrogen-bond donors (Lipinski definition) is 4. The summed E-state index contributed by atoms with van der Waals surface area (Å²) in [4.78, 5) is 35.7. The van der Waals surface area contributed by atoms with Crippen LogP contribution in [0.25, 0.3) is 0 Å². The molecule has 25 heavy (non-hydrogen) atoms. The Kier molecular flexibility index (Phi) is 9.39. The summed E-state index contributed by atoms with van der Waals surface area (Å²) >= 11 is 4.10. The maximum atomic E-state index is 12.4. The number of carbonyl (C=O) groups is 3. The molecule has 1 unspecified atom stereocenters. The van der Waals surface area contributed by atoms with Gasteiger partial charge in [-0.25, -0.2) is 4.79 Å². The van der Waals surface area contributed by atoms with Gasteiger partial charge in [0.15, 0.2) is 0 Å². The maximum Gasteiger partial charge on any atom is 0.326 e. The van der Waals surface area contributed by atoms with Crippen LogP contribution in [0, 0.1) is 0 Å². The van der Waals surface area contributed by atoms with Crippen molar-refractivity contribution >= 4 is 30.4 Å². The first-order chi connectivity index (χ1) is 12.0. The number of amides is 2. The molecule has 0 fully saturated rings. The van der Waals surface area contributed by atoms with E-state index in [1.807, 2.05) is 6.07 Å². The molecule has 7 heteroatoms. The summed E-state index contributed by atoms with van der Waals surface area (Å²) < 4.78 is 0. The summed E-state index contributed by atoms with van der Waals surface area (Å²) in [6, 6.07) is 7.16. The van der Waals surface area contributed by atoms with Crippen molar-refractivity contribution in [2.24, 2.45) is 0 Å². The number of thiol groups is 1. The summed E-state index contributed by atoms with van der Waals surface area (Å²) in [7, 11) is 0. The van der Waals surface area contributed by atoms with Gasteiger partial charge >= 0.3 is 5.97 Å². The lowest BCUT2D eigenvalue weighted by atomic mass is 10.1. The molecular formula is C18H24N2O4S. The zero-order valence-corrected chi connectivity index (χ0v) is 14.9. The van der Waals surface area contributed by atoms with Crippen LogP contribution in [0.2, 0.25) is 0 Å². The molecule has 2 amide bonds. The molecule has 0 bridgehead atoms. The third-order valence-electron chi connectivity index (χ3n) is 3.54. The first-order valence-electron chi connectivity index (χ1n) is 8.06. The first kappa shape index (κ1) is 20.8. The van der Waals surface area contributed by atoms with E-state index >= 15 is 0 Å². The summed E-state index contributed by atoms with van der Waals surface area (Å²) in [6.45, 7) is 3.55. The Hall–Kier alpha value is -2.28. The minimum Gasteiger partial charge on any atom is -0.480 e. The van der Waals surface area contributed by atoms with E-state index in [-0.39, 0.29) is 18.7 Å². The van der Waals surface area contributed by atoms with Crippen molar-refractivity contribution in [3.8, 4) is 0 Å². The molecular weight excluding hydrogens is 340 g/mol. The van der Waals surface area contributed by atoms with E-state index in [2.05, 4.69) is 29.8 Å². The average Bonchev–Trinajstić information content (AvgIpc) is 2.59. The Balaban J connectivity index is 2.72. The van der Waals surface area contributed by atoms with Crippen LogP contribution in [0.1, 0.15) is 24.8 Å². The topological polar surface area (TPSA) is 95.5 Å². The standard InChI is InChI=1S/C18H24N2O4S/c1-2-3-9-16(21)19-14(10-11-25)17(22)20-15(18(23)24)12-13-7-5-4-6-8-13/h2,4-8,14-15,25H,1,3,9-12H2,(H,19,21)(H,20,22)(H,23,24)/t14?,15-/m1/s1. The molecule has 136 valence electrons. The van der Waals surface area contributed by atoms with Crippen LogP contribution in [-0.4, -0.2) is 40.7 Å². The predicted molar refractivity (Wildman–Crippen MR) is 99.5 cm³/mol. The highest BCUT2D eigenvalue weighted by Gasteiger charge is 2.26. The van der Waals surface area contributed by atoms with Crippen LogP contribution in [0.5, 0.6) is 0 Å². The van der Waals surface area contributed by atoms with Crippen molar-refractivity contribution in [2.75, 3.05) is 5.75 Å². The molecule has 0 aromatic heterocycles. The van der Waals surface area contributed by atoms with Gasteiger partial charge in [0.05, 0.1) is 0 Å². The molecule has 6 nitrogen and oxygen atoms in total. The summed E-state index contributed by atoms with van der Waals surface area (Å²) in [5.74, 6) is -1.54. The van der Waals surface area contributed by atoms with E-state index in [1.165, 1.54) is 0 Å². The number of rotatable bonds is 11. The van der Waals surface area contributed by atoms with Crippen molar-refractivity contribution in [3.05, 3.63) is 48.6 Å². The number of aliphatic carboxylic acids is 1. The van der Waals surface area contributed by atoms with Gasteiger partial charge in [-0.05, 0) is 24.2 Å². The Morgan fingerprint density at radius 3 is 2.40 bits per heavy atom. The number of carboxylic acids is 1. The minimum absolute atomic E-state index is 0.167. The van der Waals surface area contributed by atoms with Gasteiger partial charge in [0.25, 0.3) is 0 Å². The summed E-state index contributed by atoms with van der Waals surface area (Å²) in [5.41, 5.74) is 0.802. The molecule has 0 spiro atoms. The zero-order valence-electron chi connectivity index (χ0n) is 14.0. The van der Waals surface area contributed by atoms with E-state index in [1.54, 1.807) is 30.3 Å².